The summed E-state index contributed by atoms with van der Waals surface area (Å²) >= 11 is 0. The molecule has 27 heavy (non-hydrogen) atoms. The molecule has 8 heteroatoms. The molecule has 1 fully saturated rings. The topological polar surface area (TPSA) is 67.8 Å². The van der Waals surface area contributed by atoms with Crippen LogP contribution in [0.1, 0.15) is 12.8 Å². The fraction of sp³-hybridized carbons (Fsp3) is 0.421. The zero-order chi connectivity index (χ0) is 19.2. The van der Waals surface area contributed by atoms with Crippen LogP contribution in [0.2, 0.25) is 0 Å². The molecule has 7 nitrogen and oxygen atoms in total. The molecule has 2 aromatic rings. The Morgan fingerprint density at radius 1 is 1.22 bits per heavy atom. The normalized spacial score (nSPS) is 16.7. The molecule has 0 radical (unpaired) electrons. The van der Waals surface area contributed by atoms with Crippen LogP contribution >= 0.6 is 0 Å². The lowest BCUT2D eigenvalue weighted by Crippen LogP contribution is -2.46. The second-order valence-corrected chi connectivity index (χ2v) is 6.59. The molecular weight excluding hydrogens is 351 g/mol. The van der Waals surface area contributed by atoms with Gasteiger partial charge in [-0.1, -0.05) is 0 Å². The van der Waals surface area contributed by atoms with Gasteiger partial charge in [0.1, 0.15) is 17.7 Å². The van der Waals surface area contributed by atoms with E-state index in [4.69, 9.17) is 9.47 Å². The number of ether oxygens (including phenoxy) is 2. The second kappa shape index (κ2) is 8.66. The molecule has 1 aliphatic heterocycles. The smallest absolute Gasteiger partial charge is 0.260 e. The number of piperidine rings is 1. The predicted octanol–water partition coefficient (Wildman–Crippen LogP) is 2.13. The molecule has 1 saturated heterocycles. The third-order valence-electron chi connectivity index (χ3n) is 4.28. The van der Waals surface area contributed by atoms with Crippen LogP contribution in [0.25, 0.3) is 0 Å². The van der Waals surface area contributed by atoms with Crippen molar-refractivity contribution in [2.45, 2.75) is 18.9 Å². The van der Waals surface area contributed by atoms with Crippen LogP contribution < -0.4 is 14.4 Å². The summed E-state index contributed by atoms with van der Waals surface area (Å²) in [5.41, 5.74) is 0. The van der Waals surface area contributed by atoms with Crippen LogP contribution in [0.4, 0.5) is 10.2 Å². The van der Waals surface area contributed by atoms with E-state index in [2.05, 4.69) is 10.2 Å². The SMILES string of the molecule is CN(C)c1ccc(OC2CCCN(C(=O)COc3ccc(F)cc3)C2)nn1. The Kier molecular flexibility index (Phi) is 6.05. The van der Waals surface area contributed by atoms with Gasteiger partial charge in [0, 0.05) is 26.7 Å². The quantitative estimate of drug-likeness (QED) is 0.772. The number of benzene rings is 1. The van der Waals surface area contributed by atoms with Gasteiger partial charge in [-0.3, -0.25) is 4.79 Å². The van der Waals surface area contributed by atoms with Gasteiger partial charge in [0.2, 0.25) is 5.88 Å². The molecule has 0 saturated carbocycles. The minimum atomic E-state index is -0.341. The van der Waals surface area contributed by atoms with Crippen molar-refractivity contribution in [1.29, 1.82) is 0 Å². The number of carbonyl (C=O) groups is 1. The number of aromatic nitrogens is 2. The number of hydrogen-bond acceptors (Lipinski definition) is 6. The Morgan fingerprint density at radius 2 is 2.00 bits per heavy atom. The number of halogens is 1. The van der Waals surface area contributed by atoms with Gasteiger partial charge in [0.05, 0.1) is 6.54 Å². The van der Waals surface area contributed by atoms with Crippen LogP contribution in [0.3, 0.4) is 0 Å². The minimum Gasteiger partial charge on any atom is -0.484 e. The molecule has 144 valence electrons. The monoisotopic (exact) mass is 374 g/mol. The Morgan fingerprint density at radius 3 is 2.67 bits per heavy atom. The minimum absolute atomic E-state index is 0.0876. The lowest BCUT2D eigenvalue weighted by Gasteiger charge is -2.32. The highest BCUT2D eigenvalue weighted by Crippen LogP contribution is 2.18. The van der Waals surface area contributed by atoms with Crippen molar-refractivity contribution >= 4 is 11.7 Å². The maximum Gasteiger partial charge on any atom is 0.260 e. The van der Waals surface area contributed by atoms with Crippen LogP contribution in [0, 0.1) is 5.82 Å². The van der Waals surface area contributed by atoms with E-state index < -0.39 is 0 Å². The zero-order valence-corrected chi connectivity index (χ0v) is 15.5. The number of amides is 1. The molecule has 1 aliphatic rings. The van der Waals surface area contributed by atoms with E-state index in [0.717, 1.165) is 18.7 Å². The third-order valence-corrected chi connectivity index (χ3v) is 4.28. The third kappa shape index (κ3) is 5.29. The van der Waals surface area contributed by atoms with Crippen LogP contribution in [-0.2, 0) is 4.79 Å². The van der Waals surface area contributed by atoms with Gasteiger partial charge in [-0.2, -0.15) is 0 Å². The van der Waals surface area contributed by atoms with E-state index in [-0.39, 0.29) is 24.4 Å². The standard InChI is InChI=1S/C19H23FN4O3/c1-23(2)17-9-10-18(22-21-17)27-16-4-3-11-24(12-16)19(25)13-26-15-7-5-14(20)6-8-15/h5-10,16H,3-4,11-13H2,1-2H3. The number of anilines is 1. The number of hydrogen-bond donors (Lipinski definition) is 0. The number of carbonyl (C=O) groups excluding carboxylic acids is 1. The summed E-state index contributed by atoms with van der Waals surface area (Å²) in [6.45, 7) is 1.05. The van der Waals surface area contributed by atoms with Crippen LogP contribution in [0.15, 0.2) is 36.4 Å². The van der Waals surface area contributed by atoms with Gasteiger partial charge in [-0.05, 0) is 43.2 Å². The first-order valence-electron chi connectivity index (χ1n) is 8.85. The summed E-state index contributed by atoms with van der Waals surface area (Å²) in [5.74, 6) is 1.20. The van der Waals surface area contributed by atoms with E-state index in [0.29, 0.717) is 24.7 Å². The lowest BCUT2D eigenvalue weighted by atomic mass is 10.1. The van der Waals surface area contributed by atoms with E-state index >= 15 is 0 Å². The summed E-state index contributed by atoms with van der Waals surface area (Å²) in [5, 5.41) is 8.17. The van der Waals surface area contributed by atoms with Gasteiger partial charge >= 0.3 is 0 Å². The van der Waals surface area contributed by atoms with Crippen molar-refractivity contribution in [2.24, 2.45) is 0 Å². The zero-order valence-electron chi connectivity index (χ0n) is 15.5. The van der Waals surface area contributed by atoms with E-state index in [1.54, 1.807) is 11.0 Å². The Hall–Kier alpha value is -2.90. The molecule has 0 spiro atoms. The van der Waals surface area contributed by atoms with E-state index in [1.807, 2.05) is 25.1 Å². The Labute approximate surface area is 157 Å². The largest absolute Gasteiger partial charge is 0.484 e. The predicted molar refractivity (Wildman–Crippen MR) is 98.5 cm³/mol. The number of likely N-dealkylation sites (tertiary alicyclic amines) is 1. The molecule has 1 atom stereocenters. The first-order chi connectivity index (χ1) is 13.0. The summed E-state index contributed by atoms with van der Waals surface area (Å²) < 4.78 is 24.2. The Bertz CT molecular complexity index is 753. The van der Waals surface area contributed by atoms with Crippen molar-refractivity contribution in [1.82, 2.24) is 15.1 Å². The molecule has 1 aromatic carbocycles. The Balaban J connectivity index is 1.50. The van der Waals surface area contributed by atoms with Gasteiger partial charge in [0.15, 0.2) is 12.4 Å². The lowest BCUT2D eigenvalue weighted by molar-refractivity contribution is -0.136. The fourth-order valence-corrected chi connectivity index (χ4v) is 2.81. The first-order valence-corrected chi connectivity index (χ1v) is 8.85. The van der Waals surface area contributed by atoms with E-state index in [9.17, 15) is 9.18 Å². The summed E-state index contributed by atoms with van der Waals surface area (Å²) in [6.07, 6.45) is 1.56. The van der Waals surface area contributed by atoms with E-state index in [1.165, 1.54) is 24.3 Å². The summed E-state index contributed by atoms with van der Waals surface area (Å²) in [6, 6.07) is 9.22. The highest BCUT2D eigenvalue weighted by Gasteiger charge is 2.25. The van der Waals surface area contributed by atoms with Crippen molar-refractivity contribution < 1.29 is 18.7 Å². The molecule has 0 N–H and O–H groups in total. The van der Waals surface area contributed by atoms with Gasteiger partial charge in [-0.25, -0.2) is 4.39 Å². The van der Waals surface area contributed by atoms with Crippen molar-refractivity contribution in [3.8, 4) is 11.6 Å². The van der Waals surface area contributed by atoms with Gasteiger partial charge < -0.3 is 19.3 Å². The summed E-state index contributed by atoms with van der Waals surface area (Å²) in [7, 11) is 3.78. The molecule has 1 aromatic heterocycles. The van der Waals surface area contributed by atoms with Crippen molar-refractivity contribution in [3.05, 3.63) is 42.2 Å². The number of nitrogens with zero attached hydrogens (tertiary/aromatic N) is 4. The average molecular weight is 374 g/mol. The molecule has 1 amide bonds. The second-order valence-electron chi connectivity index (χ2n) is 6.59. The molecule has 1 unspecified atom stereocenters. The maximum absolute atomic E-state index is 12.9. The highest BCUT2D eigenvalue weighted by molar-refractivity contribution is 5.77. The molecule has 3 rings (SSSR count). The molecular formula is C19H23FN4O3. The fourth-order valence-electron chi connectivity index (χ4n) is 2.81. The van der Waals surface area contributed by atoms with Crippen LogP contribution in [0.5, 0.6) is 11.6 Å². The highest BCUT2D eigenvalue weighted by atomic mass is 19.1. The first kappa shape index (κ1) is 18.9. The molecule has 2 heterocycles. The van der Waals surface area contributed by atoms with Gasteiger partial charge in [-0.15, -0.1) is 10.2 Å². The average Bonchev–Trinajstić information content (AvgIpc) is 2.68. The van der Waals surface area contributed by atoms with Crippen LogP contribution in [-0.4, -0.2) is 60.9 Å². The molecule has 0 aliphatic carbocycles. The van der Waals surface area contributed by atoms with Gasteiger partial charge in [0.25, 0.3) is 5.91 Å². The summed E-state index contributed by atoms with van der Waals surface area (Å²) in [4.78, 5) is 16.0. The molecule has 0 bridgehead atoms. The maximum atomic E-state index is 12.9. The number of rotatable bonds is 6. The van der Waals surface area contributed by atoms with Crippen molar-refractivity contribution in [3.63, 3.8) is 0 Å². The van der Waals surface area contributed by atoms with Crippen molar-refractivity contribution in [2.75, 3.05) is 38.7 Å².